The van der Waals surface area contributed by atoms with Crippen molar-refractivity contribution in [2.24, 2.45) is 0 Å². The van der Waals surface area contributed by atoms with Crippen LogP contribution >= 0.6 is 0 Å². The number of rotatable bonds is 7. The Morgan fingerprint density at radius 1 is 1.07 bits per heavy atom. The maximum atomic E-state index is 5.64. The second-order valence-corrected chi connectivity index (χ2v) is 8.19. The topological polar surface area (TPSA) is 49.5 Å². The van der Waals surface area contributed by atoms with Gasteiger partial charge in [0.15, 0.2) is 0 Å². The van der Waals surface area contributed by atoms with E-state index in [9.17, 15) is 0 Å². The van der Waals surface area contributed by atoms with Crippen LogP contribution in [0.5, 0.6) is 11.5 Å². The van der Waals surface area contributed by atoms with Gasteiger partial charge in [-0.25, -0.2) is 0 Å². The number of nitrogens with zero attached hydrogens (tertiary/aromatic N) is 1. The minimum absolute atomic E-state index is 0.638. The third-order valence-electron chi connectivity index (χ3n) is 6.50. The third-order valence-corrected chi connectivity index (χ3v) is 6.50. The van der Waals surface area contributed by atoms with Crippen molar-refractivity contribution in [3.05, 3.63) is 47.5 Å². The van der Waals surface area contributed by atoms with Crippen LogP contribution in [0, 0.1) is 6.92 Å². The Hall–Kier alpha value is -2.50. The summed E-state index contributed by atoms with van der Waals surface area (Å²) < 4.78 is 11.3. The molecule has 1 aliphatic rings. The molecule has 4 rings (SSSR count). The number of aromatic amines is 1. The van der Waals surface area contributed by atoms with Crippen molar-refractivity contribution in [3.63, 3.8) is 0 Å². The first kappa shape index (κ1) is 20.8. The summed E-state index contributed by atoms with van der Waals surface area (Å²) in [5, 5.41) is 4.54. The molecule has 0 amide bonds. The molecule has 30 heavy (non-hydrogen) atoms. The highest BCUT2D eigenvalue weighted by Crippen LogP contribution is 2.42. The average molecular weight is 408 g/mol. The van der Waals surface area contributed by atoms with Crippen molar-refractivity contribution in [2.75, 3.05) is 47.4 Å². The number of ether oxygens (including phenoxy) is 2. The number of aryl methyl sites for hydroxylation is 1. The van der Waals surface area contributed by atoms with E-state index in [4.69, 9.17) is 9.47 Å². The molecule has 0 atom stereocenters. The highest BCUT2D eigenvalue weighted by Gasteiger charge is 2.22. The number of likely N-dealkylation sites (tertiary alicyclic amines) is 1. The van der Waals surface area contributed by atoms with Gasteiger partial charge in [-0.1, -0.05) is 12.1 Å². The van der Waals surface area contributed by atoms with E-state index in [-0.39, 0.29) is 0 Å². The molecular formula is C25H33N3O2. The third kappa shape index (κ3) is 3.92. The molecular weight excluding hydrogens is 374 g/mol. The van der Waals surface area contributed by atoms with Crippen LogP contribution in [0.4, 0.5) is 0 Å². The van der Waals surface area contributed by atoms with Crippen molar-refractivity contribution in [1.29, 1.82) is 0 Å². The van der Waals surface area contributed by atoms with E-state index in [1.165, 1.54) is 42.4 Å². The molecule has 160 valence electrons. The fourth-order valence-corrected chi connectivity index (χ4v) is 4.71. The molecule has 5 heteroatoms. The zero-order valence-corrected chi connectivity index (χ0v) is 18.5. The van der Waals surface area contributed by atoms with Gasteiger partial charge in [-0.15, -0.1) is 0 Å². The Balaban J connectivity index is 1.64. The van der Waals surface area contributed by atoms with Gasteiger partial charge in [-0.3, -0.25) is 0 Å². The largest absolute Gasteiger partial charge is 0.496 e. The molecule has 2 N–H and O–H groups in total. The molecule has 0 saturated carbocycles. The number of piperidine rings is 1. The van der Waals surface area contributed by atoms with Crippen LogP contribution in [0.2, 0.25) is 0 Å². The zero-order chi connectivity index (χ0) is 21.1. The van der Waals surface area contributed by atoms with Crippen molar-refractivity contribution < 1.29 is 9.47 Å². The van der Waals surface area contributed by atoms with Crippen molar-refractivity contribution in [2.45, 2.75) is 25.7 Å². The summed E-state index contributed by atoms with van der Waals surface area (Å²) in [5.41, 5.74) is 5.90. The lowest BCUT2D eigenvalue weighted by molar-refractivity contribution is 0.214. The number of aromatic nitrogens is 1. The molecule has 3 aromatic rings. The van der Waals surface area contributed by atoms with E-state index in [0.717, 1.165) is 41.4 Å². The smallest absolute Gasteiger partial charge is 0.131 e. The zero-order valence-electron chi connectivity index (χ0n) is 18.5. The molecule has 2 aromatic carbocycles. The highest BCUT2D eigenvalue weighted by molar-refractivity contribution is 5.93. The number of methoxy groups -OCH3 is 2. The molecule has 2 heterocycles. The monoisotopic (exact) mass is 407 g/mol. The summed E-state index contributed by atoms with van der Waals surface area (Å²) in [4.78, 5) is 6.18. The summed E-state index contributed by atoms with van der Waals surface area (Å²) in [7, 11) is 5.44. The summed E-state index contributed by atoms with van der Waals surface area (Å²) in [6, 6.07) is 12.8. The molecule has 0 bridgehead atoms. The van der Waals surface area contributed by atoms with Crippen LogP contribution in [0.25, 0.3) is 22.2 Å². The number of nitrogens with one attached hydrogen (secondary N) is 2. The van der Waals surface area contributed by atoms with E-state index in [2.05, 4.69) is 40.3 Å². The van der Waals surface area contributed by atoms with E-state index in [0.29, 0.717) is 5.92 Å². The summed E-state index contributed by atoms with van der Waals surface area (Å²) in [6.45, 7) is 6.75. The quantitative estimate of drug-likeness (QED) is 0.603. The second kappa shape index (κ2) is 9.11. The number of fused-ring (bicyclic) bond motifs is 1. The van der Waals surface area contributed by atoms with Crippen LogP contribution in [0.3, 0.4) is 0 Å². The normalized spacial score (nSPS) is 15.6. The van der Waals surface area contributed by atoms with Gasteiger partial charge in [0.25, 0.3) is 0 Å². The molecule has 0 radical (unpaired) electrons. The SMILES string of the molecule is CNCCN1CCC(c2ccc3[nH]c(-c4c(OC)cccc4OC)c(C)c3c2)CC1. The number of H-pyrrole nitrogens is 1. The molecule has 0 aliphatic carbocycles. The molecule has 5 nitrogen and oxygen atoms in total. The lowest BCUT2D eigenvalue weighted by atomic mass is 9.88. The van der Waals surface area contributed by atoms with Gasteiger partial charge in [-0.2, -0.15) is 0 Å². The summed E-state index contributed by atoms with van der Waals surface area (Å²) in [6.07, 6.45) is 2.46. The molecule has 0 spiro atoms. The summed E-state index contributed by atoms with van der Waals surface area (Å²) in [5.74, 6) is 2.27. The first-order valence-electron chi connectivity index (χ1n) is 10.9. The Morgan fingerprint density at radius 2 is 1.77 bits per heavy atom. The second-order valence-electron chi connectivity index (χ2n) is 8.19. The minimum Gasteiger partial charge on any atom is -0.496 e. The van der Waals surface area contributed by atoms with Gasteiger partial charge >= 0.3 is 0 Å². The van der Waals surface area contributed by atoms with E-state index < -0.39 is 0 Å². The predicted molar refractivity (Wildman–Crippen MR) is 124 cm³/mol. The Bertz CT molecular complexity index is 981. The van der Waals surface area contributed by atoms with E-state index in [1.54, 1.807) is 14.2 Å². The lowest BCUT2D eigenvalue weighted by Gasteiger charge is -2.32. The number of likely N-dealkylation sites (N-methyl/N-ethyl adjacent to an activating group) is 1. The predicted octanol–water partition coefficient (Wildman–Crippen LogP) is 4.56. The maximum Gasteiger partial charge on any atom is 0.131 e. The molecule has 1 fully saturated rings. The van der Waals surface area contributed by atoms with Crippen LogP contribution in [0.1, 0.15) is 29.9 Å². The summed E-state index contributed by atoms with van der Waals surface area (Å²) >= 11 is 0. The Morgan fingerprint density at radius 3 is 2.40 bits per heavy atom. The molecule has 0 unspecified atom stereocenters. The Labute approximate surface area is 179 Å². The standard InChI is InChI=1S/C25H33N3O2/c1-17-20-16-19(18-10-13-28(14-11-18)15-12-26-2)8-9-21(20)27-25(17)24-22(29-3)6-5-7-23(24)30-4/h5-9,16,18,26-27H,10-15H2,1-4H3. The van der Waals surface area contributed by atoms with Crippen LogP contribution in [-0.2, 0) is 0 Å². The van der Waals surface area contributed by atoms with Crippen molar-refractivity contribution in [1.82, 2.24) is 15.2 Å². The Kier molecular flexibility index (Phi) is 6.30. The molecule has 1 aliphatic heterocycles. The number of hydrogen-bond acceptors (Lipinski definition) is 4. The van der Waals surface area contributed by atoms with Crippen molar-refractivity contribution in [3.8, 4) is 22.8 Å². The highest BCUT2D eigenvalue weighted by atomic mass is 16.5. The van der Waals surface area contributed by atoms with E-state index >= 15 is 0 Å². The van der Waals surface area contributed by atoms with Gasteiger partial charge in [0.1, 0.15) is 11.5 Å². The number of benzene rings is 2. The van der Waals surface area contributed by atoms with Gasteiger partial charge < -0.3 is 24.7 Å². The minimum atomic E-state index is 0.638. The van der Waals surface area contributed by atoms with E-state index in [1.807, 2.05) is 25.2 Å². The fourth-order valence-electron chi connectivity index (χ4n) is 4.71. The van der Waals surface area contributed by atoms with Crippen LogP contribution in [-0.4, -0.2) is 57.3 Å². The fraction of sp³-hybridized carbons (Fsp3) is 0.440. The maximum absolute atomic E-state index is 5.64. The van der Waals surface area contributed by atoms with Crippen molar-refractivity contribution >= 4 is 10.9 Å². The van der Waals surface area contributed by atoms with Crippen LogP contribution in [0.15, 0.2) is 36.4 Å². The number of hydrogen-bond donors (Lipinski definition) is 2. The van der Waals surface area contributed by atoms with Gasteiger partial charge in [0, 0.05) is 24.0 Å². The van der Waals surface area contributed by atoms with Gasteiger partial charge in [0.2, 0.25) is 0 Å². The molecule has 1 aromatic heterocycles. The average Bonchev–Trinajstić information content (AvgIpc) is 3.12. The first-order valence-corrected chi connectivity index (χ1v) is 10.9. The lowest BCUT2D eigenvalue weighted by Crippen LogP contribution is -2.37. The van der Waals surface area contributed by atoms with Gasteiger partial charge in [-0.05, 0) is 81.2 Å². The van der Waals surface area contributed by atoms with Crippen LogP contribution < -0.4 is 14.8 Å². The first-order chi connectivity index (χ1) is 14.7. The molecule has 1 saturated heterocycles. The van der Waals surface area contributed by atoms with Gasteiger partial charge in [0.05, 0.1) is 25.5 Å².